The number of rotatable bonds is 4. The number of fused-ring (bicyclic) bond motifs is 2. The lowest BCUT2D eigenvalue weighted by atomic mass is 9.90. The highest BCUT2D eigenvalue weighted by Gasteiger charge is 2.33. The van der Waals surface area contributed by atoms with Gasteiger partial charge in [-0.25, -0.2) is 4.79 Å². The predicted octanol–water partition coefficient (Wildman–Crippen LogP) is 4.63. The van der Waals surface area contributed by atoms with Gasteiger partial charge < -0.3 is 9.64 Å². The van der Waals surface area contributed by atoms with Crippen LogP contribution in [0.2, 0.25) is 0 Å². The van der Waals surface area contributed by atoms with Crippen LogP contribution in [0.5, 0.6) is 0 Å². The molecule has 5 nitrogen and oxygen atoms in total. The Morgan fingerprint density at radius 3 is 2.39 bits per heavy atom. The molecule has 5 rings (SSSR count). The second kappa shape index (κ2) is 8.50. The first-order valence-electron chi connectivity index (χ1n) is 11.2. The summed E-state index contributed by atoms with van der Waals surface area (Å²) in [4.78, 5) is 33.5. The van der Waals surface area contributed by atoms with E-state index < -0.39 is 12.1 Å². The fourth-order valence-corrected chi connectivity index (χ4v) is 4.76. The monoisotopic (exact) mass is 414 g/mol. The van der Waals surface area contributed by atoms with Gasteiger partial charge in [0.05, 0.1) is 11.1 Å². The van der Waals surface area contributed by atoms with Crippen LogP contribution < -0.4 is 0 Å². The lowest BCUT2D eigenvalue weighted by Crippen LogP contribution is -2.35. The maximum Gasteiger partial charge on any atom is 0.340 e. The highest BCUT2D eigenvalue weighted by atomic mass is 16.5. The lowest BCUT2D eigenvalue weighted by molar-refractivity contribution is -0.140. The highest BCUT2D eigenvalue weighted by Crippen LogP contribution is 2.32. The van der Waals surface area contributed by atoms with Crippen molar-refractivity contribution in [2.75, 3.05) is 13.1 Å². The zero-order valence-corrected chi connectivity index (χ0v) is 17.5. The van der Waals surface area contributed by atoms with Crippen LogP contribution in [0.1, 0.15) is 59.0 Å². The summed E-state index contributed by atoms with van der Waals surface area (Å²) >= 11 is 0. The molecular formula is C26H26N2O3. The molecule has 158 valence electrons. The van der Waals surface area contributed by atoms with E-state index in [0.717, 1.165) is 60.7 Å². The van der Waals surface area contributed by atoms with E-state index in [0.29, 0.717) is 24.2 Å². The van der Waals surface area contributed by atoms with Gasteiger partial charge >= 0.3 is 5.97 Å². The standard InChI is InChI=1S/C26H26N2O3/c29-25(28-16-8-9-17-28)24(18-10-2-1-3-11-18)31-26(30)23-19-12-4-6-14-21(19)27-22-15-7-5-13-20(22)23/h1-4,6,10-12,14,24H,5,7-9,13,15-17H2/t24-/m0/s1. The Labute approximate surface area is 182 Å². The number of pyridine rings is 1. The zero-order valence-electron chi connectivity index (χ0n) is 17.5. The van der Waals surface area contributed by atoms with E-state index in [1.54, 1.807) is 0 Å². The average molecular weight is 415 g/mol. The number of para-hydroxylation sites is 1. The summed E-state index contributed by atoms with van der Waals surface area (Å²) in [5.41, 5.74) is 4.06. The molecular weight excluding hydrogens is 388 g/mol. The summed E-state index contributed by atoms with van der Waals surface area (Å²) in [5, 5.41) is 0.800. The van der Waals surface area contributed by atoms with Crippen molar-refractivity contribution in [1.29, 1.82) is 0 Å². The molecule has 0 unspecified atom stereocenters. The molecule has 1 amide bonds. The van der Waals surface area contributed by atoms with Gasteiger partial charge in [0.15, 0.2) is 0 Å². The Morgan fingerprint density at radius 1 is 0.871 bits per heavy atom. The summed E-state index contributed by atoms with van der Waals surface area (Å²) < 4.78 is 6.01. The van der Waals surface area contributed by atoms with E-state index in [4.69, 9.17) is 9.72 Å². The SMILES string of the molecule is O=C(O[C@H](C(=O)N1CCCC1)c1ccccc1)c1c2c(nc3ccccc13)CCCC2. The first kappa shape index (κ1) is 19.7. The Hall–Kier alpha value is -3.21. The third kappa shape index (κ3) is 3.80. The number of likely N-dealkylation sites (tertiary alicyclic amines) is 1. The van der Waals surface area contributed by atoms with Crippen molar-refractivity contribution in [3.63, 3.8) is 0 Å². The van der Waals surface area contributed by atoms with Gasteiger partial charge in [0.2, 0.25) is 6.10 Å². The maximum atomic E-state index is 13.6. The second-order valence-electron chi connectivity index (χ2n) is 8.36. The third-order valence-electron chi connectivity index (χ3n) is 6.34. The minimum absolute atomic E-state index is 0.135. The molecule has 1 atom stereocenters. The van der Waals surface area contributed by atoms with E-state index >= 15 is 0 Å². The molecule has 5 heteroatoms. The number of carbonyl (C=O) groups excluding carboxylic acids is 2. The molecule has 1 aromatic heterocycles. The predicted molar refractivity (Wildman–Crippen MR) is 119 cm³/mol. The topological polar surface area (TPSA) is 59.5 Å². The Bertz CT molecular complexity index is 1120. The van der Waals surface area contributed by atoms with Gasteiger partial charge in [0.1, 0.15) is 0 Å². The smallest absolute Gasteiger partial charge is 0.340 e. The Kier molecular flexibility index (Phi) is 5.41. The molecule has 2 aromatic carbocycles. The van der Waals surface area contributed by atoms with Crippen LogP contribution in [0.15, 0.2) is 54.6 Å². The molecule has 2 heterocycles. The number of amides is 1. The molecule has 1 fully saturated rings. The van der Waals surface area contributed by atoms with Gasteiger partial charge in [-0.15, -0.1) is 0 Å². The first-order valence-corrected chi connectivity index (χ1v) is 11.2. The van der Waals surface area contributed by atoms with Gasteiger partial charge in [-0.05, 0) is 50.2 Å². The van der Waals surface area contributed by atoms with Crippen LogP contribution in [0.25, 0.3) is 10.9 Å². The normalized spacial score (nSPS) is 16.7. The van der Waals surface area contributed by atoms with E-state index in [1.807, 2.05) is 59.5 Å². The first-order chi connectivity index (χ1) is 15.2. The number of nitrogens with zero attached hydrogens (tertiary/aromatic N) is 2. The van der Waals surface area contributed by atoms with Crippen LogP contribution in [-0.2, 0) is 22.4 Å². The summed E-state index contributed by atoms with van der Waals surface area (Å²) in [5.74, 6) is -0.567. The van der Waals surface area contributed by atoms with Crippen molar-refractivity contribution in [2.24, 2.45) is 0 Å². The van der Waals surface area contributed by atoms with E-state index in [2.05, 4.69) is 0 Å². The number of hydrogen-bond donors (Lipinski definition) is 0. The number of aromatic nitrogens is 1. The number of aryl methyl sites for hydroxylation is 1. The maximum absolute atomic E-state index is 13.6. The van der Waals surface area contributed by atoms with Crippen LogP contribution in [0, 0.1) is 0 Å². The van der Waals surface area contributed by atoms with Crippen LogP contribution in [0.4, 0.5) is 0 Å². The number of hydrogen-bond acceptors (Lipinski definition) is 4. The van der Waals surface area contributed by atoms with Gasteiger partial charge in [0, 0.05) is 29.7 Å². The van der Waals surface area contributed by atoms with Crippen LogP contribution >= 0.6 is 0 Å². The number of esters is 1. The largest absolute Gasteiger partial charge is 0.444 e. The highest BCUT2D eigenvalue weighted by molar-refractivity contribution is 6.06. The molecule has 1 aliphatic carbocycles. The van der Waals surface area contributed by atoms with Crippen molar-refractivity contribution in [1.82, 2.24) is 9.88 Å². The summed E-state index contributed by atoms with van der Waals surface area (Å²) in [6.45, 7) is 1.43. The second-order valence-corrected chi connectivity index (χ2v) is 8.36. The molecule has 1 saturated heterocycles. The Balaban J connectivity index is 1.55. The average Bonchev–Trinajstić information content (AvgIpc) is 3.36. The lowest BCUT2D eigenvalue weighted by Gasteiger charge is -2.25. The molecule has 0 spiro atoms. The molecule has 0 bridgehead atoms. The number of carbonyl (C=O) groups is 2. The molecule has 2 aliphatic rings. The quantitative estimate of drug-likeness (QED) is 0.584. The van der Waals surface area contributed by atoms with Crippen molar-refractivity contribution in [2.45, 2.75) is 44.6 Å². The molecule has 0 N–H and O–H groups in total. The van der Waals surface area contributed by atoms with Crippen LogP contribution in [-0.4, -0.2) is 34.8 Å². The van der Waals surface area contributed by atoms with E-state index in [-0.39, 0.29) is 5.91 Å². The minimum Gasteiger partial charge on any atom is -0.444 e. The fraction of sp³-hybridized carbons (Fsp3) is 0.346. The van der Waals surface area contributed by atoms with E-state index in [9.17, 15) is 9.59 Å². The molecule has 0 saturated carbocycles. The van der Waals surface area contributed by atoms with Gasteiger partial charge in [-0.3, -0.25) is 9.78 Å². The van der Waals surface area contributed by atoms with Crippen LogP contribution in [0.3, 0.4) is 0 Å². The third-order valence-corrected chi connectivity index (χ3v) is 6.34. The number of benzene rings is 2. The van der Waals surface area contributed by atoms with Crippen molar-refractivity contribution in [3.8, 4) is 0 Å². The fourth-order valence-electron chi connectivity index (χ4n) is 4.76. The summed E-state index contributed by atoms with van der Waals surface area (Å²) in [6.07, 6.45) is 4.84. The Morgan fingerprint density at radius 2 is 1.58 bits per heavy atom. The van der Waals surface area contributed by atoms with Crippen molar-refractivity contribution < 1.29 is 14.3 Å². The van der Waals surface area contributed by atoms with Gasteiger partial charge in [-0.2, -0.15) is 0 Å². The van der Waals surface area contributed by atoms with E-state index in [1.165, 1.54) is 0 Å². The molecule has 0 radical (unpaired) electrons. The molecule has 1 aliphatic heterocycles. The summed E-state index contributed by atoms with van der Waals surface area (Å²) in [7, 11) is 0. The van der Waals surface area contributed by atoms with Gasteiger partial charge in [-0.1, -0.05) is 48.5 Å². The minimum atomic E-state index is -0.932. The zero-order chi connectivity index (χ0) is 21.2. The number of ether oxygens (including phenoxy) is 1. The molecule has 31 heavy (non-hydrogen) atoms. The van der Waals surface area contributed by atoms with Crippen molar-refractivity contribution >= 4 is 22.8 Å². The van der Waals surface area contributed by atoms with Gasteiger partial charge in [0.25, 0.3) is 5.91 Å². The molecule has 3 aromatic rings. The summed E-state index contributed by atoms with van der Waals surface area (Å²) in [6, 6.07) is 17.1. The van der Waals surface area contributed by atoms with Crippen molar-refractivity contribution in [3.05, 3.63) is 77.0 Å².